The second-order valence-corrected chi connectivity index (χ2v) is 7.40. The van der Waals surface area contributed by atoms with Crippen LogP contribution >= 0.6 is 0 Å². The van der Waals surface area contributed by atoms with Gasteiger partial charge in [0.15, 0.2) is 5.76 Å². The van der Waals surface area contributed by atoms with E-state index in [0.29, 0.717) is 18.8 Å². The molecular weight excluding hydrogens is 410 g/mol. The minimum absolute atomic E-state index is 0.464. The fourth-order valence-corrected chi connectivity index (χ4v) is 3.41. The number of fused-ring (bicyclic) bond motifs is 4. The van der Waals surface area contributed by atoms with E-state index in [1.807, 2.05) is 24.3 Å². The van der Waals surface area contributed by atoms with Crippen LogP contribution in [0.15, 0.2) is 71.2 Å². The fourth-order valence-electron chi connectivity index (χ4n) is 3.41. The van der Waals surface area contributed by atoms with Crippen LogP contribution in [0.2, 0.25) is 0 Å². The Kier molecular flexibility index (Phi) is 7.46. The second kappa shape index (κ2) is 10.5. The molecule has 0 radical (unpaired) electrons. The first kappa shape index (κ1) is 22.8. The summed E-state index contributed by atoms with van der Waals surface area (Å²) in [5, 5.41) is 16.8. The van der Waals surface area contributed by atoms with Crippen molar-refractivity contribution < 1.29 is 29.0 Å². The lowest BCUT2D eigenvalue weighted by Gasteiger charge is -2.11. The quantitative estimate of drug-likeness (QED) is 0.572. The molecule has 1 aliphatic heterocycles. The molecule has 1 aliphatic rings. The van der Waals surface area contributed by atoms with Crippen LogP contribution < -0.4 is 4.74 Å². The lowest BCUT2D eigenvalue weighted by molar-refractivity contribution is -0.134. The fraction of sp³-hybridized carbons (Fsp3) is 0.200. The van der Waals surface area contributed by atoms with Gasteiger partial charge in [0, 0.05) is 35.2 Å². The lowest BCUT2D eigenvalue weighted by Crippen LogP contribution is -2.12. The van der Waals surface area contributed by atoms with Crippen molar-refractivity contribution in [1.82, 2.24) is 4.90 Å². The van der Waals surface area contributed by atoms with E-state index in [9.17, 15) is 9.59 Å². The molecule has 2 N–H and O–H groups in total. The largest absolute Gasteiger partial charge is 0.485 e. The SMILES string of the molecule is CN(C)CC/C=C1\c2ccccc2OCc2oc3ccccc3c21.O=C(O)/C=C/C(=O)O. The van der Waals surface area contributed by atoms with Crippen molar-refractivity contribution in [2.75, 3.05) is 20.6 Å². The molecule has 0 amide bonds. The summed E-state index contributed by atoms with van der Waals surface area (Å²) >= 11 is 0. The molecule has 0 saturated carbocycles. The number of carboxylic acid groups (broad SMARTS) is 2. The van der Waals surface area contributed by atoms with Gasteiger partial charge >= 0.3 is 11.9 Å². The van der Waals surface area contributed by atoms with Crippen LogP contribution in [0.1, 0.15) is 23.3 Å². The number of furan rings is 1. The van der Waals surface area contributed by atoms with E-state index in [1.54, 1.807) is 0 Å². The minimum Gasteiger partial charge on any atom is -0.485 e. The third-order valence-electron chi connectivity index (χ3n) is 4.77. The molecule has 7 nitrogen and oxygen atoms in total. The van der Waals surface area contributed by atoms with Crippen LogP contribution in [0.5, 0.6) is 5.75 Å². The van der Waals surface area contributed by atoms with Crippen molar-refractivity contribution >= 4 is 28.5 Å². The molecule has 166 valence electrons. The maximum atomic E-state index is 9.55. The van der Waals surface area contributed by atoms with E-state index in [4.69, 9.17) is 19.4 Å². The predicted molar refractivity (Wildman–Crippen MR) is 122 cm³/mol. The molecule has 0 unspecified atom stereocenters. The van der Waals surface area contributed by atoms with Gasteiger partial charge in [0.2, 0.25) is 0 Å². The van der Waals surface area contributed by atoms with Crippen molar-refractivity contribution in [3.05, 3.63) is 83.6 Å². The normalized spacial score (nSPS) is 13.8. The lowest BCUT2D eigenvalue weighted by atomic mass is 9.94. The van der Waals surface area contributed by atoms with Gasteiger partial charge in [0.1, 0.15) is 17.9 Å². The zero-order chi connectivity index (χ0) is 23.1. The van der Waals surface area contributed by atoms with Crippen molar-refractivity contribution in [3.8, 4) is 5.75 Å². The van der Waals surface area contributed by atoms with Crippen LogP contribution in [0.25, 0.3) is 16.5 Å². The molecule has 0 spiro atoms. The zero-order valence-corrected chi connectivity index (χ0v) is 17.9. The highest BCUT2D eigenvalue weighted by atomic mass is 16.5. The summed E-state index contributed by atoms with van der Waals surface area (Å²) in [5.41, 5.74) is 4.45. The maximum Gasteiger partial charge on any atom is 0.328 e. The van der Waals surface area contributed by atoms with Gasteiger partial charge < -0.3 is 24.3 Å². The topological polar surface area (TPSA) is 100 Å². The Bertz CT molecular complexity index is 1160. The first-order valence-corrected chi connectivity index (χ1v) is 10.1. The smallest absolute Gasteiger partial charge is 0.328 e. The molecular formula is C25H25NO6. The number of benzene rings is 2. The van der Waals surface area contributed by atoms with Gasteiger partial charge in [-0.2, -0.15) is 0 Å². The predicted octanol–water partition coefficient (Wildman–Crippen LogP) is 4.42. The second-order valence-electron chi connectivity index (χ2n) is 7.40. The number of carbonyl (C=O) groups is 2. The molecule has 4 rings (SSSR count). The highest BCUT2D eigenvalue weighted by Gasteiger charge is 2.24. The average molecular weight is 435 g/mol. The zero-order valence-electron chi connectivity index (χ0n) is 17.9. The summed E-state index contributed by atoms with van der Waals surface area (Å²) in [4.78, 5) is 21.3. The van der Waals surface area contributed by atoms with Gasteiger partial charge in [-0.05, 0) is 38.2 Å². The Labute approximate surface area is 185 Å². The van der Waals surface area contributed by atoms with Gasteiger partial charge in [-0.25, -0.2) is 9.59 Å². The molecule has 3 aromatic rings. The van der Waals surface area contributed by atoms with Crippen molar-refractivity contribution in [1.29, 1.82) is 0 Å². The van der Waals surface area contributed by atoms with Crippen molar-refractivity contribution in [2.45, 2.75) is 13.0 Å². The highest BCUT2D eigenvalue weighted by Crippen LogP contribution is 2.41. The van der Waals surface area contributed by atoms with Gasteiger partial charge in [-0.1, -0.05) is 42.5 Å². The maximum absolute atomic E-state index is 9.55. The minimum atomic E-state index is -1.26. The Hall–Kier alpha value is -3.84. The number of hydrogen-bond donors (Lipinski definition) is 2. The van der Waals surface area contributed by atoms with Crippen LogP contribution in [-0.2, 0) is 16.2 Å². The number of hydrogen-bond acceptors (Lipinski definition) is 5. The molecule has 7 heteroatoms. The Morgan fingerprint density at radius 2 is 1.66 bits per heavy atom. The van der Waals surface area contributed by atoms with Gasteiger partial charge in [0.05, 0.1) is 0 Å². The molecule has 0 bridgehead atoms. The summed E-state index contributed by atoms with van der Waals surface area (Å²) in [6.45, 7) is 1.48. The Balaban J connectivity index is 0.000000312. The van der Waals surface area contributed by atoms with Crippen molar-refractivity contribution in [3.63, 3.8) is 0 Å². The van der Waals surface area contributed by atoms with Gasteiger partial charge in [0.25, 0.3) is 0 Å². The van der Waals surface area contributed by atoms with Crippen LogP contribution in [-0.4, -0.2) is 47.7 Å². The van der Waals surface area contributed by atoms with E-state index in [0.717, 1.165) is 41.0 Å². The number of para-hydroxylation sites is 2. The summed E-state index contributed by atoms with van der Waals surface area (Å²) in [5.74, 6) is -0.688. The van der Waals surface area contributed by atoms with Crippen LogP contribution in [0.4, 0.5) is 0 Å². The molecule has 0 fully saturated rings. The standard InChI is InChI=1S/C21H21NO2.C4H4O4/c1-22(2)13-7-10-16-15-8-3-5-11-18(15)23-14-20-21(16)17-9-4-6-12-19(17)24-20;5-3(6)1-2-4(7)8/h3-6,8-12H,7,13-14H2,1-2H3;1-2H,(H,5,6)(H,7,8)/b16-10+;2-1+. The van der Waals surface area contributed by atoms with E-state index in [2.05, 4.69) is 49.3 Å². The summed E-state index contributed by atoms with van der Waals surface area (Å²) < 4.78 is 12.1. The third kappa shape index (κ3) is 5.65. The molecule has 0 saturated heterocycles. The third-order valence-corrected chi connectivity index (χ3v) is 4.77. The number of carboxylic acids is 2. The summed E-state index contributed by atoms with van der Waals surface area (Å²) in [7, 11) is 4.20. The van der Waals surface area contributed by atoms with Crippen LogP contribution in [0, 0.1) is 0 Å². The van der Waals surface area contributed by atoms with E-state index in [-0.39, 0.29) is 0 Å². The van der Waals surface area contributed by atoms with Crippen molar-refractivity contribution in [2.24, 2.45) is 0 Å². The first-order chi connectivity index (χ1) is 15.4. The molecule has 0 aliphatic carbocycles. The average Bonchev–Trinajstić information content (AvgIpc) is 3.05. The van der Waals surface area contributed by atoms with E-state index in [1.165, 1.54) is 11.1 Å². The molecule has 0 atom stereocenters. The van der Waals surface area contributed by atoms with Crippen LogP contribution in [0.3, 0.4) is 0 Å². The molecule has 1 aromatic heterocycles. The first-order valence-electron chi connectivity index (χ1n) is 10.1. The Morgan fingerprint density at radius 1 is 1.00 bits per heavy atom. The number of ether oxygens (including phenoxy) is 1. The molecule has 2 heterocycles. The van der Waals surface area contributed by atoms with E-state index < -0.39 is 11.9 Å². The summed E-state index contributed by atoms with van der Waals surface area (Å²) in [6.07, 6.45) is 4.41. The Morgan fingerprint density at radius 3 is 2.34 bits per heavy atom. The van der Waals surface area contributed by atoms with Gasteiger partial charge in [-0.3, -0.25) is 0 Å². The molecule has 2 aromatic carbocycles. The number of aliphatic carboxylic acids is 2. The monoisotopic (exact) mass is 435 g/mol. The molecule has 32 heavy (non-hydrogen) atoms. The number of nitrogens with zero attached hydrogens (tertiary/aromatic N) is 1. The highest BCUT2D eigenvalue weighted by molar-refractivity contribution is 5.98. The van der Waals surface area contributed by atoms with Gasteiger partial charge in [-0.15, -0.1) is 0 Å². The van der Waals surface area contributed by atoms with E-state index >= 15 is 0 Å². The number of rotatable bonds is 5. The summed E-state index contributed by atoms with van der Waals surface area (Å²) in [6, 6.07) is 16.5.